The van der Waals surface area contributed by atoms with Gasteiger partial charge in [0.25, 0.3) is 0 Å². The van der Waals surface area contributed by atoms with Crippen LogP contribution in [0.2, 0.25) is 0 Å². The molecule has 0 saturated heterocycles. The first-order valence-corrected chi connectivity index (χ1v) is 8.47. The molecule has 0 aliphatic carbocycles. The summed E-state index contributed by atoms with van der Waals surface area (Å²) in [6.07, 6.45) is 3.65. The Labute approximate surface area is 148 Å². The predicted octanol–water partition coefficient (Wildman–Crippen LogP) is 6.39. The van der Waals surface area contributed by atoms with E-state index in [2.05, 4.69) is 84.7 Å². The van der Waals surface area contributed by atoms with Crippen molar-refractivity contribution < 1.29 is 0 Å². The minimum Gasteiger partial charge on any atom is -0.265 e. The minimum atomic E-state index is 1.19. The van der Waals surface area contributed by atoms with Gasteiger partial charge in [0, 0.05) is 12.4 Å². The van der Waals surface area contributed by atoms with Crippen LogP contribution in [0, 0.1) is 6.92 Å². The third-order valence-electron chi connectivity index (χ3n) is 4.50. The number of nitrogens with zero attached hydrogens (tertiary/aromatic N) is 1. The number of hydrogen-bond acceptors (Lipinski definition) is 1. The van der Waals surface area contributed by atoms with Crippen molar-refractivity contribution in [3.63, 3.8) is 0 Å². The molecule has 0 spiro atoms. The largest absolute Gasteiger partial charge is 0.265 e. The van der Waals surface area contributed by atoms with Crippen LogP contribution >= 0.6 is 0 Å². The highest BCUT2D eigenvalue weighted by Crippen LogP contribution is 2.27. The smallest absolute Gasteiger partial charge is 0.0273 e. The van der Waals surface area contributed by atoms with Gasteiger partial charge in [-0.3, -0.25) is 4.98 Å². The van der Waals surface area contributed by atoms with E-state index < -0.39 is 0 Å². The normalized spacial score (nSPS) is 10.6. The van der Waals surface area contributed by atoms with Crippen molar-refractivity contribution >= 4 is 0 Å². The van der Waals surface area contributed by atoms with Crippen molar-refractivity contribution in [1.82, 2.24) is 4.98 Å². The van der Waals surface area contributed by atoms with E-state index >= 15 is 0 Å². The number of hydrogen-bond donors (Lipinski definition) is 0. The van der Waals surface area contributed by atoms with E-state index in [0.29, 0.717) is 0 Å². The summed E-state index contributed by atoms with van der Waals surface area (Å²) in [5, 5.41) is 0. The lowest BCUT2D eigenvalue weighted by Gasteiger charge is -2.07. The van der Waals surface area contributed by atoms with Crippen molar-refractivity contribution in [2.75, 3.05) is 0 Å². The molecule has 0 fully saturated rings. The van der Waals surface area contributed by atoms with Gasteiger partial charge < -0.3 is 0 Å². The van der Waals surface area contributed by atoms with Crippen LogP contribution in [0.25, 0.3) is 33.4 Å². The molecule has 1 heterocycles. The van der Waals surface area contributed by atoms with Crippen LogP contribution in [0.3, 0.4) is 0 Å². The molecule has 120 valence electrons. The van der Waals surface area contributed by atoms with Gasteiger partial charge in [-0.05, 0) is 52.4 Å². The minimum absolute atomic E-state index is 1.19. The molecule has 1 aromatic heterocycles. The molecule has 25 heavy (non-hydrogen) atoms. The third kappa shape index (κ3) is 3.36. The first kappa shape index (κ1) is 15.3. The molecule has 0 unspecified atom stereocenters. The number of aryl methyl sites for hydroxylation is 1. The van der Waals surface area contributed by atoms with Crippen molar-refractivity contribution in [3.05, 3.63) is 103 Å². The summed E-state index contributed by atoms with van der Waals surface area (Å²) in [7, 11) is 0. The van der Waals surface area contributed by atoms with Gasteiger partial charge >= 0.3 is 0 Å². The molecule has 0 radical (unpaired) electrons. The fourth-order valence-electron chi connectivity index (χ4n) is 3.00. The molecule has 0 amide bonds. The van der Waals surface area contributed by atoms with Gasteiger partial charge in [-0.15, -0.1) is 0 Å². The summed E-state index contributed by atoms with van der Waals surface area (Å²) >= 11 is 0. The zero-order valence-corrected chi connectivity index (χ0v) is 14.2. The van der Waals surface area contributed by atoms with Crippen LogP contribution in [0.4, 0.5) is 0 Å². The van der Waals surface area contributed by atoms with Gasteiger partial charge in [-0.2, -0.15) is 0 Å². The van der Waals surface area contributed by atoms with Gasteiger partial charge in [0.1, 0.15) is 0 Å². The van der Waals surface area contributed by atoms with Crippen LogP contribution in [0.15, 0.2) is 97.3 Å². The summed E-state index contributed by atoms with van der Waals surface area (Å²) < 4.78 is 0. The quantitative estimate of drug-likeness (QED) is 0.426. The fourth-order valence-corrected chi connectivity index (χ4v) is 3.00. The molecule has 0 aliphatic rings. The Hall–Kier alpha value is -3.19. The lowest BCUT2D eigenvalue weighted by Crippen LogP contribution is -1.82. The monoisotopic (exact) mass is 321 g/mol. The summed E-state index contributed by atoms with van der Waals surface area (Å²) in [5.41, 5.74) is 8.65. The maximum atomic E-state index is 4.07. The van der Waals surface area contributed by atoms with Crippen LogP contribution in [0.1, 0.15) is 5.56 Å². The van der Waals surface area contributed by atoms with E-state index in [1.807, 2.05) is 24.5 Å². The molecule has 1 nitrogen and oxygen atoms in total. The molecule has 0 bridgehead atoms. The highest BCUT2D eigenvalue weighted by Gasteiger charge is 2.02. The first-order valence-electron chi connectivity index (χ1n) is 8.47. The van der Waals surface area contributed by atoms with Crippen LogP contribution in [-0.4, -0.2) is 4.98 Å². The number of pyridine rings is 1. The average molecular weight is 321 g/mol. The van der Waals surface area contributed by atoms with Crippen molar-refractivity contribution in [2.45, 2.75) is 6.92 Å². The molecule has 0 saturated carbocycles. The molecule has 0 atom stereocenters. The SMILES string of the molecule is Cc1ccc(-c2ccc(-c3ccc(-c4ccncc4)cc3)cc2)cc1. The summed E-state index contributed by atoms with van der Waals surface area (Å²) in [6, 6.07) is 30.2. The maximum absolute atomic E-state index is 4.07. The predicted molar refractivity (Wildman–Crippen MR) is 105 cm³/mol. The Kier molecular flexibility index (Phi) is 4.14. The Morgan fingerprint density at radius 3 is 1.04 bits per heavy atom. The second-order valence-corrected chi connectivity index (χ2v) is 6.26. The van der Waals surface area contributed by atoms with Gasteiger partial charge in [-0.25, -0.2) is 0 Å². The zero-order chi connectivity index (χ0) is 17.1. The Morgan fingerprint density at radius 2 is 0.680 bits per heavy atom. The van der Waals surface area contributed by atoms with Gasteiger partial charge in [0.2, 0.25) is 0 Å². The second kappa shape index (κ2) is 6.74. The standard InChI is InChI=1S/C24H19N/c1-18-2-4-19(5-3-18)20-6-8-21(9-7-20)22-10-12-23(13-11-22)24-14-16-25-17-15-24/h2-17H,1H3. The van der Waals surface area contributed by atoms with Crippen molar-refractivity contribution in [3.8, 4) is 33.4 Å². The van der Waals surface area contributed by atoms with Gasteiger partial charge in [-0.1, -0.05) is 78.4 Å². The maximum Gasteiger partial charge on any atom is 0.0273 e. The Bertz CT molecular complexity index is 951. The van der Waals surface area contributed by atoms with Crippen molar-refractivity contribution in [1.29, 1.82) is 0 Å². The summed E-state index contributed by atoms with van der Waals surface area (Å²) in [6.45, 7) is 2.11. The molecule has 3 aromatic carbocycles. The van der Waals surface area contributed by atoms with Gasteiger partial charge in [0.15, 0.2) is 0 Å². The molecule has 1 heteroatoms. The average Bonchev–Trinajstić information content (AvgIpc) is 2.70. The number of rotatable bonds is 3. The Balaban J connectivity index is 1.59. The summed E-state index contributed by atoms with van der Waals surface area (Å²) in [4.78, 5) is 4.07. The van der Waals surface area contributed by atoms with Gasteiger partial charge in [0.05, 0.1) is 0 Å². The Morgan fingerprint density at radius 1 is 0.400 bits per heavy atom. The number of aromatic nitrogens is 1. The van der Waals surface area contributed by atoms with E-state index in [-0.39, 0.29) is 0 Å². The van der Waals surface area contributed by atoms with Crippen LogP contribution < -0.4 is 0 Å². The molecule has 4 aromatic rings. The second-order valence-electron chi connectivity index (χ2n) is 6.26. The first-order chi connectivity index (χ1) is 12.3. The van der Waals surface area contributed by atoms with Crippen LogP contribution in [-0.2, 0) is 0 Å². The summed E-state index contributed by atoms with van der Waals surface area (Å²) in [5.74, 6) is 0. The molecular weight excluding hydrogens is 302 g/mol. The van der Waals surface area contributed by atoms with E-state index in [1.165, 1.54) is 38.9 Å². The molecule has 4 rings (SSSR count). The number of benzene rings is 3. The van der Waals surface area contributed by atoms with E-state index in [0.717, 1.165) is 0 Å². The van der Waals surface area contributed by atoms with E-state index in [1.54, 1.807) is 0 Å². The fraction of sp³-hybridized carbons (Fsp3) is 0.0417. The third-order valence-corrected chi connectivity index (χ3v) is 4.50. The lowest BCUT2D eigenvalue weighted by atomic mass is 9.98. The molecular formula is C24H19N. The van der Waals surface area contributed by atoms with E-state index in [9.17, 15) is 0 Å². The van der Waals surface area contributed by atoms with E-state index in [4.69, 9.17) is 0 Å². The molecule has 0 N–H and O–H groups in total. The lowest BCUT2D eigenvalue weighted by molar-refractivity contribution is 1.33. The van der Waals surface area contributed by atoms with Crippen molar-refractivity contribution in [2.24, 2.45) is 0 Å². The zero-order valence-electron chi connectivity index (χ0n) is 14.2. The topological polar surface area (TPSA) is 12.9 Å². The molecule has 0 aliphatic heterocycles. The highest BCUT2D eigenvalue weighted by atomic mass is 14.6. The highest BCUT2D eigenvalue weighted by molar-refractivity contribution is 5.73. The van der Waals surface area contributed by atoms with Crippen LogP contribution in [0.5, 0.6) is 0 Å².